The lowest BCUT2D eigenvalue weighted by Crippen LogP contribution is -2.38. The summed E-state index contributed by atoms with van der Waals surface area (Å²) in [6.07, 6.45) is 5.12. The van der Waals surface area contributed by atoms with E-state index in [0.29, 0.717) is 0 Å². The Kier molecular flexibility index (Phi) is 3.84. The van der Waals surface area contributed by atoms with E-state index in [4.69, 9.17) is 0 Å². The summed E-state index contributed by atoms with van der Waals surface area (Å²) in [5, 5.41) is 5.53. The number of hydrogen-bond acceptors (Lipinski definition) is 5. The van der Waals surface area contributed by atoms with Crippen molar-refractivity contribution in [2.24, 2.45) is 13.0 Å². The summed E-state index contributed by atoms with van der Waals surface area (Å²) in [7, 11) is -1.03. The van der Waals surface area contributed by atoms with Crippen molar-refractivity contribution in [3.05, 3.63) is 18.0 Å². The van der Waals surface area contributed by atoms with Gasteiger partial charge >= 0.3 is 0 Å². The molecular weight excluding hydrogens is 300 g/mol. The zero-order valence-corrected chi connectivity index (χ0v) is 14.1. The Morgan fingerprint density at radius 1 is 1.41 bits per heavy atom. The van der Waals surface area contributed by atoms with Crippen LogP contribution in [-0.2, 0) is 16.9 Å². The minimum absolute atomic E-state index is 0.198. The highest BCUT2D eigenvalue weighted by atomic mass is 32.2. The third kappa shape index (κ3) is 2.95. The average molecular weight is 322 g/mol. The van der Waals surface area contributed by atoms with E-state index in [1.165, 1.54) is 6.26 Å². The van der Waals surface area contributed by atoms with Gasteiger partial charge in [-0.1, -0.05) is 0 Å². The van der Waals surface area contributed by atoms with Crippen LogP contribution >= 0.6 is 0 Å². The van der Waals surface area contributed by atoms with Gasteiger partial charge in [-0.15, -0.1) is 0 Å². The topological polar surface area (TPSA) is 68.1 Å². The number of aromatic nitrogens is 3. The highest BCUT2D eigenvalue weighted by molar-refractivity contribution is 7.90. The molecule has 2 aromatic heterocycles. The highest BCUT2D eigenvalue weighted by Crippen LogP contribution is 2.31. The van der Waals surface area contributed by atoms with E-state index in [1.807, 2.05) is 20.0 Å². The van der Waals surface area contributed by atoms with Crippen molar-refractivity contribution in [2.75, 3.05) is 30.0 Å². The molecule has 0 spiro atoms. The number of fused-ring (bicyclic) bond motifs is 1. The molecule has 1 aliphatic heterocycles. The molecule has 0 aliphatic carbocycles. The summed E-state index contributed by atoms with van der Waals surface area (Å²) in [4.78, 5) is 6.70. The lowest BCUT2D eigenvalue weighted by atomic mass is 9.99. The van der Waals surface area contributed by atoms with E-state index in [9.17, 15) is 8.42 Å². The molecule has 1 fully saturated rings. The summed E-state index contributed by atoms with van der Waals surface area (Å²) < 4.78 is 24.9. The van der Waals surface area contributed by atoms with Crippen LogP contribution in [0.2, 0.25) is 0 Å². The second kappa shape index (κ2) is 5.53. The van der Waals surface area contributed by atoms with Gasteiger partial charge in [0.15, 0.2) is 5.65 Å². The fraction of sp³-hybridized carbons (Fsp3) is 0.600. The molecule has 0 aromatic carbocycles. The van der Waals surface area contributed by atoms with Gasteiger partial charge in [-0.05, 0) is 31.7 Å². The van der Waals surface area contributed by atoms with Gasteiger partial charge < -0.3 is 4.90 Å². The lowest BCUT2D eigenvalue weighted by molar-refractivity contribution is 0.445. The van der Waals surface area contributed by atoms with Crippen LogP contribution in [0.5, 0.6) is 0 Å². The predicted molar refractivity (Wildman–Crippen MR) is 87.9 cm³/mol. The van der Waals surface area contributed by atoms with Gasteiger partial charge in [-0.25, -0.2) is 13.4 Å². The van der Waals surface area contributed by atoms with Gasteiger partial charge in [0.05, 0.1) is 22.5 Å². The smallest absolute Gasteiger partial charge is 0.159 e. The molecule has 0 amide bonds. The number of sulfone groups is 1. The molecule has 120 valence electrons. The van der Waals surface area contributed by atoms with Gasteiger partial charge in [0.1, 0.15) is 9.84 Å². The summed E-state index contributed by atoms with van der Waals surface area (Å²) in [6, 6.07) is 2.01. The molecule has 0 radical (unpaired) electrons. The second-order valence-electron chi connectivity index (χ2n) is 6.28. The van der Waals surface area contributed by atoms with E-state index >= 15 is 0 Å². The Balaban J connectivity index is 1.94. The monoisotopic (exact) mass is 322 g/mol. The minimum atomic E-state index is -2.93. The second-order valence-corrected chi connectivity index (χ2v) is 8.47. The molecule has 22 heavy (non-hydrogen) atoms. The summed E-state index contributed by atoms with van der Waals surface area (Å²) in [5.41, 5.74) is 2.96. The Morgan fingerprint density at radius 2 is 2.18 bits per heavy atom. The first-order valence-electron chi connectivity index (χ1n) is 7.56. The van der Waals surface area contributed by atoms with Crippen molar-refractivity contribution in [3.63, 3.8) is 0 Å². The number of hydrogen-bond donors (Lipinski definition) is 0. The molecule has 1 unspecified atom stereocenters. The van der Waals surface area contributed by atoms with Gasteiger partial charge in [-0.3, -0.25) is 4.68 Å². The van der Waals surface area contributed by atoms with E-state index in [-0.39, 0.29) is 11.7 Å². The lowest BCUT2D eigenvalue weighted by Gasteiger charge is -2.34. The maximum Gasteiger partial charge on any atom is 0.159 e. The van der Waals surface area contributed by atoms with Crippen molar-refractivity contribution in [3.8, 4) is 0 Å². The maximum atomic E-state index is 11.6. The summed E-state index contributed by atoms with van der Waals surface area (Å²) >= 11 is 0. The van der Waals surface area contributed by atoms with Gasteiger partial charge in [0.2, 0.25) is 0 Å². The fourth-order valence-corrected chi connectivity index (χ4v) is 4.60. The van der Waals surface area contributed by atoms with E-state index in [2.05, 4.69) is 15.0 Å². The van der Waals surface area contributed by atoms with Crippen LogP contribution in [0.25, 0.3) is 11.0 Å². The SMILES string of the molecule is Cc1nn(C)c2nccc(N3CCCC(CS(C)(=O)=O)C3)c12. The van der Waals surface area contributed by atoms with E-state index < -0.39 is 9.84 Å². The Hall–Kier alpha value is -1.63. The first kappa shape index (κ1) is 15.3. The molecule has 0 saturated carbocycles. The first-order valence-corrected chi connectivity index (χ1v) is 9.62. The standard InChI is InChI=1S/C15H22N4O2S/c1-11-14-13(6-7-16-15(14)18(2)17-11)19-8-4-5-12(9-19)10-22(3,20)21/h6-7,12H,4-5,8-10H2,1-3H3. The van der Waals surface area contributed by atoms with Gasteiger partial charge in [0, 0.05) is 32.6 Å². The highest BCUT2D eigenvalue weighted by Gasteiger charge is 2.25. The molecule has 6 nitrogen and oxygen atoms in total. The molecule has 0 bridgehead atoms. The van der Waals surface area contributed by atoms with Crippen molar-refractivity contribution >= 4 is 26.6 Å². The minimum Gasteiger partial charge on any atom is -0.371 e. The van der Waals surface area contributed by atoms with E-state index in [0.717, 1.165) is 48.3 Å². The maximum absolute atomic E-state index is 11.6. The fourth-order valence-electron chi connectivity index (χ4n) is 3.47. The Labute approximate surface area is 131 Å². The van der Waals surface area contributed by atoms with Crippen molar-refractivity contribution < 1.29 is 8.42 Å². The Morgan fingerprint density at radius 3 is 2.91 bits per heavy atom. The molecule has 0 N–H and O–H groups in total. The molecule has 2 aromatic rings. The predicted octanol–water partition coefficient (Wildman–Crippen LogP) is 1.54. The number of anilines is 1. The number of aryl methyl sites for hydroxylation is 2. The number of piperidine rings is 1. The molecule has 7 heteroatoms. The van der Waals surface area contributed by atoms with Gasteiger partial charge in [-0.2, -0.15) is 5.10 Å². The largest absolute Gasteiger partial charge is 0.371 e. The molecule has 3 rings (SSSR count). The first-order chi connectivity index (χ1) is 10.3. The number of nitrogens with zero attached hydrogens (tertiary/aromatic N) is 4. The average Bonchev–Trinajstić information content (AvgIpc) is 2.73. The van der Waals surface area contributed by atoms with Crippen molar-refractivity contribution in [2.45, 2.75) is 19.8 Å². The third-order valence-electron chi connectivity index (χ3n) is 4.28. The van der Waals surface area contributed by atoms with Crippen LogP contribution < -0.4 is 4.90 Å². The molecule has 1 saturated heterocycles. The number of rotatable bonds is 3. The third-order valence-corrected chi connectivity index (χ3v) is 5.35. The van der Waals surface area contributed by atoms with Crippen LogP contribution in [0.3, 0.4) is 0 Å². The normalized spacial score (nSPS) is 19.8. The number of pyridine rings is 1. The Bertz CT molecular complexity index is 797. The van der Waals surface area contributed by atoms with Crippen LogP contribution in [0.1, 0.15) is 18.5 Å². The van der Waals surface area contributed by atoms with Crippen LogP contribution in [-0.4, -0.2) is 48.3 Å². The van der Waals surface area contributed by atoms with Gasteiger partial charge in [0.25, 0.3) is 0 Å². The van der Waals surface area contributed by atoms with Crippen LogP contribution in [0.15, 0.2) is 12.3 Å². The van der Waals surface area contributed by atoms with Crippen LogP contribution in [0, 0.1) is 12.8 Å². The quantitative estimate of drug-likeness (QED) is 0.857. The van der Waals surface area contributed by atoms with Crippen LogP contribution in [0.4, 0.5) is 5.69 Å². The zero-order chi connectivity index (χ0) is 15.9. The molecule has 3 heterocycles. The summed E-state index contributed by atoms with van der Waals surface area (Å²) in [5.74, 6) is 0.466. The molecule has 1 atom stereocenters. The molecule has 1 aliphatic rings. The van der Waals surface area contributed by atoms with E-state index in [1.54, 1.807) is 10.9 Å². The van der Waals surface area contributed by atoms with Crippen molar-refractivity contribution in [1.29, 1.82) is 0 Å². The van der Waals surface area contributed by atoms with Crippen molar-refractivity contribution in [1.82, 2.24) is 14.8 Å². The molecular formula is C15H22N4O2S. The summed E-state index contributed by atoms with van der Waals surface area (Å²) in [6.45, 7) is 3.72. The zero-order valence-electron chi connectivity index (χ0n) is 13.3.